The Balaban J connectivity index is 2.35. The third-order valence-electron chi connectivity index (χ3n) is 3.40. The third-order valence-corrected chi connectivity index (χ3v) is 3.40. The van der Waals surface area contributed by atoms with Gasteiger partial charge >= 0.3 is 11.6 Å². The molecule has 2 aromatic rings. The number of aromatic nitrogens is 2. The van der Waals surface area contributed by atoms with Gasteiger partial charge in [0, 0.05) is 13.6 Å². The van der Waals surface area contributed by atoms with Crippen LogP contribution < -0.4 is 9.64 Å². The van der Waals surface area contributed by atoms with Crippen molar-refractivity contribution in [1.29, 1.82) is 0 Å². The molecule has 0 unspecified atom stereocenters. The largest absolute Gasteiger partial charge is 0.434 e. The summed E-state index contributed by atoms with van der Waals surface area (Å²) in [6.07, 6.45) is 3.20. The van der Waals surface area contributed by atoms with Gasteiger partial charge in [-0.1, -0.05) is 31.0 Å². The highest BCUT2D eigenvalue weighted by atomic mass is 16.6. The normalized spacial score (nSPS) is 10.4. The van der Waals surface area contributed by atoms with Gasteiger partial charge < -0.3 is 9.64 Å². The molecule has 1 aromatic heterocycles. The molecule has 0 bridgehead atoms. The Hall–Kier alpha value is -2.70. The number of hydrogen-bond acceptors (Lipinski definition) is 6. The highest BCUT2D eigenvalue weighted by Gasteiger charge is 2.27. The first-order chi connectivity index (χ1) is 11.0. The van der Waals surface area contributed by atoms with Gasteiger partial charge in [0.1, 0.15) is 12.1 Å². The van der Waals surface area contributed by atoms with Crippen molar-refractivity contribution in [2.24, 2.45) is 0 Å². The van der Waals surface area contributed by atoms with Crippen LogP contribution in [0.15, 0.2) is 30.6 Å². The average Bonchev–Trinajstić information content (AvgIpc) is 2.54. The van der Waals surface area contributed by atoms with Crippen LogP contribution >= 0.6 is 0 Å². The second-order valence-corrected chi connectivity index (χ2v) is 5.30. The van der Waals surface area contributed by atoms with E-state index in [0.717, 1.165) is 18.4 Å². The first-order valence-electron chi connectivity index (χ1n) is 7.48. The van der Waals surface area contributed by atoms with Crippen molar-refractivity contribution in [3.8, 4) is 11.6 Å². The van der Waals surface area contributed by atoms with E-state index in [0.29, 0.717) is 12.3 Å². The number of aryl methyl sites for hydroxylation is 1. The summed E-state index contributed by atoms with van der Waals surface area (Å²) in [6, 6.07) is 7.25. The van der Waals surface area contributed by atoms with Gasteiger partial charge in [0.05, 0.1) is 4.92 Å². The Bertz CT molecular complexity index is 674. The topological polar surface area (TPSA) is 81.4 Å². The van der Waals surface area contributed by atoms with Crippen molar-refractivity contribution in [1.82, 2.24) is 9.97 Å². The van der Waals surface area contributed by atoms with Crippen molar-refractivity contribution in [2.45, 2.75) is 26.7 Å². The second kappa shape index (κ2) is 7.53. The van der Waals surface area contributed by atoms with Crippen molar-refractivity contribution < 1.29 is 9.66 Å². The zero-order valence-corrected chi connectivity index (χ0v) is 13.5. The van der Waals surface area contributed by atoms with E-state index >= 15 is 0 Å². The zero-order chi connectivity index (χ0) is 16.8. The lowest BCUT2D eigenvalue weighted by atomic mass is 10.2. The SMILES string of the molecule is CCCCN(C)c1ncnc(Oc2ccc(C)cc2)c1[N+](=O)[O-]. The maximum absolute atomic E-state index is 11.5. The fraction of sp³-hybridized carbons (Fsp3) is 0.375. The molecule has 0 radical (unpaired) electrons. The Morgan fingerprint density at radius 1 is 1.26 bits per heavy atom. The maximum Gasteiger partial charge on any atom is 0.373 e. The van der Waals surface area contributed by atoms with Gasteiger partial charge in [0.25, 0.3) is 0 Å². The minimum atomic E-state index is -0.499. The van der Waals surface area contributed by atoms with Crippen LogP contribution in [-0.2, 0) is 0 Å². The predicted octanol–water partition coefficient (Wildman–Crippen LogP) is 3.72. The van der Waals surface area contributed by atoms with Crippen LogP contribution in [0.2, 0.25) is 0 Å². The molecular formula is C16H20N4O3. The van der Waals surface area contributed by atoms with Crippen LogP contribution in [0.1, 0.15) is 25.3 Å². The van der Waals surface area contributed by atoms with E-state index in [9.17, 15) is 10.1 Å². The first kappa shape index (κ1) is 16.7. The van der Waals surface area contributed by atoms with Gasteiger partial charge in [-0.3, -0.25) is 10.1 Å². The van der Waals surface area contributed by atoms with E-state index in [1.165, 1.54) is 6.33 Å². The first-order valence-corrected chi connectivity index (χ1v) is 7.48. The molecule has 2 rings (SSSR count). The number of benzene rings is 1. The second-order valence-electron chi connectivity index (χ2n) is 5.30. The van der Waals surface area contributed by atoms with Gasteiger partial charge in [-0.25, -0.2) is 4.98 Å². The van der Waals surface area contributed by atoms with E-state index in [1.54, 1.807) is 24.1 Å². The number of rotatable bonds is 7. The quantitative estimate of drug-likeness (QED) is 0.572. The molecule has 0 saturated heterocycles. The number of nitrogens with zero attached hydrogens (tertiary/aromatic N) is 4. The summed E-state index contributed by atoms with van der Waals surface area (Å²) >= 11 is 0. The van der Waals surface area contributed by atoms with Crippen molar-refractivity contribution in [3.63, 3.8) is 0 Å². The minimum absolute atomic E-state index is 0.0489. The number of anilines is 1. The molecule has 1 aromatic carbocycles. The summed E-state index contributed by atoms with van der Waals surface area (Å²) in [5.74, 6) is 0.715. The minimum Gasteiger partial charge on any atom is -0.434 e. The molecule has 122 valence electrons. The van der Waals surface area contributed by atoms with E-state index in [1.807, 2.05) is 19.1 Å². The number of hydrogen-bond donors (Lipinski definition) is 0. The lowest BCUT2D eigenvalue weighted by Crippen LogP contribution is -2.21. The summed E-state index contributed by atoms with van der Waals surface area (Å²) in [4.78, 5) is 20.7. The molecule has 0 atom stereocenters. The standard InChI is InChI=1S/C16H20N4O3/c1-4-5-10-19(3)15-14(20(21)22)16(18-11-17-15)23-13-8-6-12(2)7-9-13/h6-9,11H,4-5,10H2,1-3H3. The van der Waals surface area contributed by atoms with Crippen LogP contribution in [-0.4, -0.2) is 28.5 Å². The Morgan fingerprint density at radius 3 is 2.57 bits per heavy atom. The van der Waals surface area contributed by atoms with Crippen LogP contribution in [0, 0.1) is 17.0 Å². The molecule has 1 heterocycles. The fourth-order valence-corrected chi connectivity index (χ4v) is 2.09. The summed E-state index contributed by atoms with van der Waals surface area (Å²) in [7, 11) is 1.78. The highest BCUT2D eigenvalue weighted by molar-refractivity contribution is 5.63. The smallest absolute Gasteiger partial charge is 0.373 e. The predicted molar refractivity (Wildman–Crippen MR) is 88.1 cm³/mol. The van der Waals surface area contributed by atoms with E-state index in [4.69, 9.17) is 4.74 Å². The molecule has 0 fully saturated rings. The van der Waals surface area contributed by atoms with Crippen LogP contribution in [0.3, 0.4) is 0 Å². The molecule has 0 aliphatic carbocycles. The van der Waals surface area contributed by atoms with Crippen LogP contribution in [0.5, 0.6) is 11.6 Å². The fourth-order valence-electron chi connectivity index (χ4n) is 2.09. The van der Waals surface area contributed by atoms with Gasteiger partial charge in [-0.15, -0.1) is 0 Å². The monoisotopic (exact) mass is 316 g/mol. The molecule has 0 amide bonds. The lowest BCUT2D eigenvalue weighted by Gasteiger charge is -2.18. The van der Waals surface area contributed by atoms with E-state index < -0.39 is 4.92 Å². The lowest BCUT2D eigenvalue weighted by molar-refractivity contribution is -0.385. The summed E-state index contributed by atoms with van der Waals surface area (Å²) in [6.45, 7) is 4.70. The summed E-state index contributed by atoms with van der Waals surface area (Å²) < 4.78 is 5.60. The molecule has 0 spiro atoms. The molecule has 7 nitrogen and oxygen atoms in total. The molecule has 7 heteroatoms. The molecule has 0 aliphatic heterocycles. The van der Waals surface area contributed by atoms with Crippen LogP contribution in [0.4, 0.5) is 11.5 Å². The summed E-state index contributed by atoms with van der Waals surface area (Å²) in [5, 5.41) is 11.5. The van der Waals surface area contributed by atoms with E-state index in [-0.39, 0.29) is 17.4 Å². The highest BCUT2D eigenvalue weighted by Crippen LogP contribution is 2.35. The average molecular weight is 316 g/mol. The number of unbranched alkanes of at least 4 members (excludes halogenated alkanes) is 1. The van der Waals surface area contributed by atoms with Crippen LogP contribution in [0.25, 0.3) is 0 Å². The summed E-state index contributed by atoms with van der Waals surface area (Å²) in [5.41, 5.74) is 0.862. The van der Waals surface area contributed by atoms with E-state index in [2.05, 4.69) is 16.9 Å². The van der Waals surface area contributed by atoms with Crippen molar-refractivity contribution in [3.05, 3.63) is 46.3 Å². The number of nitro groups is 1. The molecule has 23 heavy (non-hydrogen) atoms. The molecular weight excluding hydrogens is 296 g/mol. The van der Waals surface area contributed by atoms with Gasteiger partial charge in [-0.05, 0) is 25.5 Å². The van der Waals surface area contributed by atoms with Gasteiger partial charge in [-0.2, -0.15) is 4.98 Å². The Labute approximate surface area is 135 Å². The Kier molecular flexibility index (Phi) is 5.46. The zero-order valence-electron chi connectivity index (χ0n) is 13.5. The molecule has 0 saturated carbocycles. The van der Waals surface area contributed by atoms with Crippen molar-refractivity contribution in [2.75, 3.05) is 18.5 Å². The van der Waals surface area contributed by atoms with Gasteiger partial charge in [0.15, 0.2) is 0 Å². The third kappa shape index (κ3) is 4.15. The van der Waals surface area contributed by atoms with Gasteiger partial charge in [0.2, 0.25) is 5.82 Å². The molecule has 0 aliphatic rings. The maximum atomic E-state index is 11.5. The molecule has 0 N–H and O–H groups in total. The Morgan fingerprint density at radius 2 is 1.96 bits per heavy atom. The number of ether oxygens (including phenoxy) is 1. The van der Waals surface area contributed by atoms with Crippen molar-refractivity contribution >= 4 is 11.5 Å².